The van der Waals surface area contributed by atoms with Crippen LogP contribution in [-0.4, -0.2) is 38.6 Å². The van der Waals surface area contributed by atoms with E-state index in [1.807, 2.05) is 12.1 Å². The van der Waals surface area contributed by atoms with Gasteiger partial charge in [0, 0.05) is 24.5 Å². The Hall–Kier alpha value is -2.08. The highest BCUT2D eigenvalue weighted by Gasteiger charge is 2.19. The fourth-order valence-electron chi connectivity index (χ4n) is 1.99. The fourth-order valence-corrected chi connectivity index (χ4v) is 1.99. The largest absolute Gasteiger partial charge is 0.338 e. The van der Waals surface area contributed by atoms with Crippen molar-refractivity contribution in [1.82, 2.24) is 10.6 Å². The van der Waals surface area contributed by atoms with E-state index in [0.29, 0.717) is 18.8 Å². The first-order valence-electron chi connectivity index (χ1n) is 6.30. The van der Waals surface area contributed by atoms with E-state index in [0.717, 1.165) is 12.1 Å². The summed E-state index contributed by atoms with van der Waals surface area (Å²) in [5.41, 5.74) is 1.48. The van der Waals surface area contributed by atoms with E-state index in [1.54, 1.807) is 24.1 Å². The van der Waals surface area contributed by atoms with Gasteiger partial charge in [-0.3, -0.25) is 9.69 Å². The highest BCUT2D eigenvalue weighted by Crippen LogP contribution is 2.21. The molecule has 0 unspecified atom stereocenters. The molecule has 0 aromatic heterocycles. The van der Waals surface area contributed by atoms with Gasteiger partial charge in [-0.25, -0.2) is 4.79 Å². The van der Waals surface area contributed by atoms with Crippen molar-refractivity contribution in [1.29, 1.82) is 0 Å². The van der Waals surface area contributed by atoms with E-state index in [2.05, 4.69) is 16.0 Å². The number of nitrogens with zero attached hydrogens (tertiary/aromatic N) is 1. The number of urea groups is 1. The van der Waals surface area contributed by atoms with Crippen molar-refractivity contribution in [2.45, 2.75) is 6.42 Å². The molecule has 3 amide bonds. The van der Waals surface area contributed by atoms with Crippen LogP contribution >= 0.6 is 0 Å². The van der Waals surface area contributed by atoms with E-state index in [9.17, 15) is 9.59 Å². The van der Waals surface area contributed by atoms with Gasteiger partial charge in [0.05, 0.1) is 6.54 Å². The molecular formula is C13H18N4O2. The van der Waals surface area contributed by atoms with Gasteiger partial charge in [0.25, 0.3) is 0 Å². The molecule has 1 aromatic carbocycles. The van der Waals surface area contributed by atoms with Crippen molar-refractivity contribution in [2.75, 3.05) is 36.9 Å². The van der Waals surface area contributed by atoms with Crippen LogP contribution in [0.1, 0.15) is 6.42 Å². The Morgan fingerprint density at radius 2 is 2.32 bits per heavy atom. The van der Waals surface area contributed by atoms with Gasteiger partial charge in [0.1, 0.15) is 0 Å². The van der Waals surface area contributed by atoms with E-state index in [-0.39, 0.29) is 18.5 Å². The van der Waals surface area contributed by atoms with Gasteiger partial charge in [-0.15, -0.1) is 0 Å². The van der Waals surface area contributed by atoms with Gasteiger partial charge in [-0.05, 0) is 31.7 Å². The number of amides is 3. The maximum Gasteiger partial charge on any atom is 0.321 e. The first kappa shape index (κ1) is 13.4. The zero-order valence-electron chi connectivity index (χ0n) is 10.9. The predicted octanol–water partition coefficient (Wildman–Crippen LogP) is 0.764. The summed E-state index contributed by atoms with van der Waals surface area (Å²) in [6.45, 7) is 1.67. The van der Waals surface area contributed by atoms with Crippen molar-refractivity contribution in [3.8, 4) is 0 Å². The number of hydrogen-bond donors (Lipinski definition) is 3. The summed E-state index contributed by atoms with van der Waals surface area (Å²) in [5, 5.41) is 8.36. The van der Waals surface area contributed by atoms with Gasteiger partial charge in [0.15, 0.2) is 0 Å². The number of benzene rings is 1. The predicted molar refractivity (Wildman–Crippen MR) is 74.4 cm³/mol. The van der Waals surface area contributed by atoms with Crippen LogP contribution in [-0.2, 0) is 4.79 Å². The number of likely N-dealkylation sites (N-methyl/N-ethyl adjacent to an activating group) is 1. The minimum Gasteiger partial charge on any atom is -0.338 e. The maximum absolute atomic E-state index is 11.7. The lowest BCUT2D eigenvalue weighted by Crippen LogP contribution is -2.46. The Balaban J connectivity index is 2.10. The topological polar surface area (TPSA) is 73.5 Å². The molecule has 0 atom stereocenters. The number of carbonyl (C=O) groups is 2. The minimum absolute atomic E-state index is 0.0926. The van der Waals surface area contributed by atoms with Crippen LogP contribution in [0.25, 0.3) is 0 Å². The molecule has 0 aliphatic carbocycles. The molecule has 6 nitrogen and oxygen atoms in total. The molecular weight excluding hydrogens is 244 g/mol. The number of carbonyl (C=O) groups excluding carboxylic acids is 2. The van der Waals surface area contributed by atoms with Crippen molar-refractivity contribution < 1.29 is 9.59 Å². The third-order valence-electron chi connectivity index (χ3n) is 2.86. The van der Waals surface area contributed by atoms with Crippen LogP contribution in [0.4, 0.5) is 16.2 Å². The summed E-state index contributed by atoms with van der Waals surface area (Å²) < 4.78 is 0. The lowest BCUT2D eigenvalue weighted by atomic mass is 10.2. The molecule has 1 aliphatic heterocycles. The van der Waals surface area contributed by atoms with Crippen LogP contribution in [0.3, 0.4) is 0 Å². The monoisotopic (exact) mass is 262 g/mol. The zero-order valence-corrected chi connectivity index (χ0v) is 10.9. The van der Waals surface area contributed by atoms with E-state index in [1.165, 1.54) is 0 Å². The lowest BCUT2D eigenvalue weighted by molar-refractivity contribution is -0.115. The van der Waals surface area contributed by atoms with Gasteiger partial charge >= 0.3 is 6.03 Å². The summed E-state index contributed by atoms with van der Waals surface area (Å²) in [4.78, 5) is 24.9. The average Bonchev–Trinajstić information content (AvgIpc) is 2.40. The summed E-state index contributed by atoms with van der Waals surface area (Å²) in [6.07, 6.45) is 0.919. The quantitative estimate of drug-likeness (QED) is 0.750. The molecule has 1 aliphatic rings. The summed E-state index contributed by atoms with van der Waals surface area (Å²) in [6, 6.07) is 7.20. The molecule has 1 saturated heterocycles. The molecule has 1 aromatic rings. The van der Waals surface area contributed by atoms with Crippen LogP contribution in [0.5, 0.6) is 0 Å². The number of rotatable bonds is 4. The molecule has 19 heavy (non-hydrogen) atoms. The van der Waals surface area contributed by atoms with Crippen LogP contribution in [0.15, 0.2) is 24.3 Å². The molecule has 0 saturated carbocycles. The summed E-state index contributed by atoms with van der Waals surface area (Å²) >= 11 is 0. The van der Waals surface area contributed by atoms with Crippen molar-refractivity contribution in [2.24, 2.45) is 0 Å². The van der Waals surface area contributed by atoms with Crippen LogP contribution in [0, 0.1) is 0 Å². The minimum atomic E-state index is -0.109. The smallest absolute Gasteiger partial charge is 0.321 e. The van der Waals surface area contributed by atoms with Gasteiger partial charge in [-0.1, -0.05) is 6.07 Å². The number of nitrogens with one attached hydrogen (secondary N) is 3. The van der Waals surface area contributed by atoms with E-state index in [4.69, 9.17) is 0 Å². The van der Waals surface area contributed by atoms with Gasteiger partial charge < -0.3 is 16.0 Å². The molecule has 6 heteroatoms. The number of hydrogen-bond acceptors (Lipinski definition) is 3. The van der Waals surface area contributed by atoms with Crippen LogP contribution < -0.4 is 20.9 Å². The third kappa shape index (κ3) is 3.45. The van der Waals surface area contributed by atoms with Gasteiger partial charge in [0.2, 0.25) is 5.91 Å². The maximum atomic E-state index is 11.7. The summed E-state index contributed by atoms with van der Waals surface area (Å²) in [5.74, 6) is -0.109. The van der Waals surface area contributed by atoms with Gasteiger partial charge in [-0.2, -0.15) is 0 Å². The van der Waals surface area contributed by atoms with Crippen molar-refractivity contribution in [3.05, 3.63) is 24.3 Å². The third-order valence-corrected chi connectivity index (χ3v) is 2.86. The van der Waals surface area contributed by atoms with Crippen LogP contribution in [0.2, 0.25) is 0 Å². The normalized spacial score (nSPS) is 15.0. The highest BCUT2D eigenvalue weighted by molar-refractivity contribution is 5.95. The molecule has 1 fully saturated rings. The highest BCUT2D eigenvalue weighted by atomic mass is 16.2. The Bertz CT molecular complexity index is 475. The standard InChI is InChI=1S/C13H18N4O2/c1-14-9-12(18)16-10-4-2-5-11(8-10)17-7-3-6-15-13(17)19/h2,4-5,8,14H,3,6-7,9H2,1H3,(H,15,19)(H,16,18). The molecule has 0 bridgehead atoms. The van der Waals surface area contributed by atoms with E-state index >= 15 is 0 Å². The zero-order chi connectivity index (χ0) is 13.7. The Kier molecular flexibility index (Phi) is 4.35. The van der Waals surface area contributed by atoms with Crippen molar-refractivity contribution >= 4 is 23.3 Å². The second kappa shape index (κ2) is 6.19. The molecule has 3 N–H and O–H groups in total. The van der Waals surface area contributed by atoms with Crippen molar-refractivity contribution in [3.63, 3.8) is 0 Å². The Morgan fingerprint density at radius 3 is 3.05 bits per heavy atom. The lowest BCUT2D eigenvalue weighted by Gasteiger charge is -2.27. The average molecular weight is 262 g/mol. The SMILES string of the molecule is CNCC(=O)Nc1cccc(N2CCCNC2=O)c1. The second-order valence-electron chi connectivity index (χ2n) is 4.37. The summed E-state index contributed by atoms with van der Waals surface area (Å²) in [7, 11) is 1.72. The number of anilines is 2. The Morgan fingerprint density at radius 1 is 1.47 bits per heavy atom. The Labute approximate surface area is 112 Å². The molecule has 0 radical (unpaired) electrons. The molecule has 1 heterocycles. The second-order valence-corrected chi connectivity index (χ2v) is 4.37. The first-order chi connectivity index (χ1) is 9.20. The molecule has 0 spiro atoms. The van der Waals surface area contributed by atoms with E-state index < -0.39 is 0 Å². The fraction of sp³-hybridized carbons (Fsp3) is 0.385. The molecule has 2 rings (SSSR count). The molecule has 102 valence electrons. The first-order valence-corrected chi connectivity index (χ1v) is 6.30.